The highest BCUT2D eigenvalue weighted by Crippen LogP contribution is 2.33. The number of benzene rings is 3. The highest BCUT2D eigenvalue weighted by atomic mass is 16.6. The maximum Gasteiger partial charge on any atom is 0.412 e. The Bertz CT molecular complexity index is 1840. The van der Waals surface area contributed by atoms with E-state index in [1.54, 1.807) is 88.7 Å². The number of anilines is 2. The van der Waals surface area contributed by atoms with E-state index in [1.807, 2.05) is 25.1 Å². The van der Waals surface area contributed by atoms with Crippen molar-refractivity contribution in [2.45, 2.75) is 33.3 Å². The SMILES string of the molecule is COc1ccc(-c2cc(OCCOc3ccc(C(=O)Nc4ccccc4NC(=O)OC(C)(C)C)cc3)c3ncnc(C)c3c2)cn1. The highest BCUT2D eigenvalue weighted by Gasteiger charge is 2.18. The molecule has 0 fully saturated rings. The van der Waals surface area contributed by atoms with Gasteiger partial charge in [0.2, 0.25) is 5.88 Å². The van der Waals surface area contributed by atoms with E-state index in [4.69, 9.17) is 18.9 Å². The third kappa shape index (κ3) is 8.06. The second-order valence-corrected chi connectivity index (χ2v) is 11.3. The van der Waals surface area contributed by atoms with Crippen LogP contribution in [-0.2, 0) is 4.74 Å². The van der Waals surface area contributed by atoms with Gasteiger partial charge in [0.15, 0.2) is 0 Å². The third-order valence-corrected chi connectivity index (χ3v) is 6.72. The van der Waals surface area contributed by atoms with Gasteiger partial charge in [-0.1, -0.05) is 12.1 Å². The molecule has 2 N–H and O–H groups in total. The van der Waals surface area contributed by atoms with Gasteiger partial charge in [0.05, 0.1) is 18.5 Å². The van der Waals surface area contributed by atoms with Crippen molar-refractivity contribution in [1.29, 1.82) is 0 Å². The molecule has 5 aromatic rings. The number of carbonyl (C=O) groups is 2. The van der Waals surface area contributed by atoms with E-state index in [0.717, 1.165) is 22.2 Å². The fraction of sp³-hybridized carbons (Fsp3) is 0.229. The molecule has 236 valence electrons. The van der Waals surface area contributed by atoms with Crippen LogP contribution in [0.1, 0.15) is 36.8 Å². The Labute approximate surface area is 266 Å². The minimum absolute atomic E-state index is 0.256. The predicted octanol–water partition coefficient (Wildman–Crippen LogP) is 7.07. The second kappa shape index (κ2) is 13.9. The van der Waals surface area contributed by atoms with Gasteiger partial charge < -0.3 is 24.3 Å². The smallest absolute Gasteiger partial charge is 0.412 e. The number of nitrogens with zero attached hydrogens (tertiary/aromatic N) is 3. The zero-order valence-corrected chi connectivity index (χ0v) is 26.3. The molecule has 11 nitrogen and oxygen atoms in total. The molecule has 46 heavy (non-hydrogen) atoms. The van der Waals surface area contributed by atoms with Crippen LogP contribution in [-0.4, -0.2) is 52.9 Å². The lowest BCUT2D eigenvalue weighted by atomic mass is 10.0. The Hall–Kier alpha value is -5.71. The number of methoxy groups -OCH3 is 1. The summed E-state index contributed by atoms with van der Waals surface area (Å²) in [6.07, 6.45) is 2.65. The summed E-state index contributed by atoms with van der Waals surface area (Å²) in [6, 6.07) is 21.3. The normalized spacial score (nSPS) is 11.1. The number of fused-ring (bicyclic) bond motifs is 1. The summed E-state index contributed by atoms with van der Waals surface area (Å²) in [5, 5.41) is 6.39. The maximum atomic E-state index is 13.0. The van der Waals surface area contributed by atoms with Gasteiger partial charge in [-0.3, -0.25) is 10.1 Å². The van der Waals surface area contributed by atoms with Crippen LogP contribution in [0.2, 0.25) is 0 Å². The number of amides is 2. The topological polar surface area (TPSA) is 134 Å². The van der Waals surface area contributed by atoms with Crippen LogP contribution in [0.25, 0.3) is 22.0 Å². The number of rotatable bonds is 10. The molecule has 0 aliphatic rings. The predicted molar refractivity (Wildman–Crippen MR) is 176 cm³/mol. The minimum atomic E-state index is -0.651. The maximum absolute atomic E-state index is 13.0. The first kappa shape index (κ1) is 31.7. The lowest BCUT2D eigenvalue weighted by Gasteiger charge is -2.20. The summed E-state index contributed by atoms with van der Waals surface area (Å²) in [6.45, 7) is 7.77. The average molecular weight is 622 g/mol. The first-order valence-electron chi connectivity index (χ1n) is 14.6. The summed E-state index contributed by atoms with van der Waals surface area (Å²) in [5.41, 5.74) is 3.98. The first-order valence-corrected chi connectivity index (χ1v) is 14.6. The van der Waals surface area contributed by atoms with E-state index in [2.05, 4.69) is 25.6 Å². The molecule has 0 aliphatic heterocycles. The van der Waals surface area contributed by atoms with Crippen molar-refractivity contribution < 1.29 is 28.5 Å². The van der Waals surface area contributed by atoms with Gasteiger partial charge in [-0.2, -0.15) is 0 Å². The Kier molecular flexibility index (Phi) is 9.61. The summed E-state index contributed by atoms with van der Waals surface area (Å²) in [5.74, 6) is 1.37. The Morgan fingerprint density at radius 1 is 0.804 bits per heavy atom. The molecule has 2 aromatic heterocycles. The largest absolute Gasteiger partial charge is 0.490 e. The zero-order chi connectivity index (χ0) is 32.7. The molecule has 0 unspecified atom stereocenters. The monoisotopic (exact) mass is 621 g/mol. The zero-order valence-electron chi connectivity index (χ0n) is 26.3. The molecule has 0 atom stereocenters. The molecule has 0 aliphatic carbocycles. The number of aryl methyl sites for hydroxylation is 1. The van der Waals surface area contributed by atoms with E-state index < -0.39 is 11.7 Å². The summed E-state index contributed by atoms with van der Waals surface area (Å²) < 4.78 is 22.5. The molecule has 0 spiro atoms. The Morgan fingerprint density at radius 3 is 2.20 bits per heavy atom. The van der Waals surface area contributed by atoms with Crippen molar-refractivity contribution in [2.24, 2.45) is 0 Å². The van der Waals surface area contributed by atoms with Gasteiger partial charge in [0.25, 0.3) is 5.91 Å². The summed E-state index contributed by atoms with van der Waals surface area (Å²) >= 11 is 0. The van der Waals surface area contributed by atoms with Crippen molar-refractivity contribution in [2.75, 3.05) is 31.0 Å². The summed E-state index contributed by atoms with van der Waals surface area (Å²) in [4.78, 5) is 38.3. The molecule has 0 saturated carbocycles. The van der Waals surface area contributed by atoms with Gasteiger partial charge in [0, 0.05) is 34.5 Å². The van der Waals surface area contributed by atoms with Crippen molar-refractivity contribution in [3.8, 4) is 28.5 Å². The number of aromatic nitrogens is 3. The average Bonchev–Trinajstić information content (AvgIpc) is 3.03. The van der Waals surface area contributed by atoms with E-state index in [1.165, 1.54) is 6.33 Å². The van der Waals surface area contributed by atoms with Crippen molar-refractivity contribution in [3.63, 3.8) is 0 Å². The number of carbonyl (C=O) groups excluding carboxylic acids is 2. The molecule has 0 saturated heterocycles. The molecule has 0 bridgehead atoms. The highest BCUT2D eigenvalue weighted by molar-refractivity contribution is 6.07. The van der Waals surface area contributed by atoms with Crippen LogP contribution in [0.4, 0.5) is 16.2 Å². The lowest BCUT2D eigenvalue weighted by Crippen LogP contribution is -2.27. The van der Waals surface area contributed by atoms with Gasteiger partial charge in [-0.25, -0.2) is 19.7 Å². The number of nitrogens with one attached hydrogen (secondary N) is 2. The number of pyridine rings is 1. The molecular formula is C35H35N5O6. The van der Waals surface area contributed by atoms with Crippen molar-refractivity contribution in [1.82, 2.24) is 15.0 Å². The Morgan fingerprint density at radius 2 is 1.52 bits per heavy atom. The summed E-state index contributed by atoms with van der Waals surface area (Å²) in [7, 11) is 1.58. The van der Waals surface area contributed by atoms with Gasteiger partial charge >= 0.3 is 6.09 Å². The molecular weight excluding hydrogens is 586 g/mol. The quantitative estimate of drug-likeness (QED) is 0.157. The fourth-order valence-electron chi connectivity index (χ4n) is 4.53. The molecule has 3 aromatic carbocycles. The molecule has 11 heteroatoms. The minimum Gasteiger partial charge on any atom is -0.490 e. The van der Waals surface area contributed by atoms with Crippen LogP contribution in [0.3, 0.4) is 0 Å². The number of para-hydroxylation sites is 2. The molecule has 5 rings (SSSR count). The van der Waals surface area contributed by atoms with Crippen LogP contribution in [0.5, 0.6) is 17.4 Å². The third-order valence-electron chi connectivity index (χ3n) is 6.72. The number of hydrogen-bond acceptors (Lipinski definition) is 9. The van der Waals surface area contributed by atoms with E-state index in [0.29, 0.717) is 39.8 Å². The van der Waals surface area contributed by atoms with Crippen LogP contribution in [0.15, 0.2) is 85.3 Å². The standard InChI is InChI=1S/C35H35N5O6/c1-22-27-18-25(24-12-15-31(43-5)36-20-24)19-30(32(27)38-21-37-22)45-17-16-44-26-13-10-23(11-14-26)33(41)39-28-8-6-7-9-29(28)40-34(42)46-35(2,3)4/h6-15,18-21H,16-17H2,1-5H3,(H,39,41)(H,40,42). The van der Waals surface area contributed by atoms with Gasteiger partial charge in [-0.15, -0.1) is 0 Å². The number of ether oxygens (including phenoxy) is 4. The lowest BCUT2D eigenvalue weighted by molar-refractivity contribution is 0.0635. The van der Waals surface area contributed by atoms with Gasteiger partial charge in [0.1, 0.15) is 42.2 Å². The molecule has 0 radical (unpaired) electrons. The van der Waals surface area contributed by atoms with Crippen molar-refractivity contribution in [3.05, 3.63) is 96.6 Å². The van der Waals surface area contributed by atoms with Crippen molar-refractivity contribution >= 4 is 34.3 Å². The van der Waals surface area contributed by atoms with Crippen LogP contribution < -0.4 is 24.8 Å². The molecule has 2 heterocycles. The molecule has 2 amide bonds. The Balaban J connectivity index is 1.19. The second-order valence-electron chi connectivity index (χ2n) is 11.3. The van der Waals surface area contributed by atoms with Crippen LogP contribution >= 0.6 is 0 Å². The fourth-order valence-corrected chi connectivity index (χ4v) is 4.53. The van der Waals surface area contributed by atoms with E-state index in [-0.39, 0.29) is 19.1 Å². The van der Waals surface area contributed by atoms with E-state index >= 15 is 0 Å². The van der Waals surface area contributed by atoms with Crippen LogP contribution in [0, 0.1) is 6.92 Å². The van der Waals surface area contributed by atoms with Gasteiger partial charge in [-0.05, 0) is 87.9 Å². The van der Waals surface area contributed by atoms with E-state index in [9.17, 15) is 9.59 Å². The first-order chi connectivity index (χ1) is 22.1. The number of hydrogen-bond donors (Lipinski definition) is 2.